The average molecular weight is 514 g/mol. The Bertz CT molecular complexity index is 1420. The van der Waals surface area contributed by atoms with Crippen LogP contribution in [0.2, 0.25) is 0 Å². The van der Waals surface area contributed by atoms with Gasteiger partial charge in [0, 0.05) is 30.0 Å². The number of nitro benzene ring substituents is 1. The average Bonchev–Trinajstić information content (AvgIpc) is 3.24. The molecule has 0 saturated carbocycles. The number of carbonyl (C=O) groups excluding carboxylic acids is 2. The molecule has 0 radical (unpaired) electrons. The number of benzene rings is 3. The molecule has 0 spiro atoms. The Labute approximate surface area is 217 Å². The maximum absolute atomic E-state index is 13.4. The number of thioether (sulfide) groups is 1. The second-order valence-electron chi connectivity index (χ2n) is 8.56. The van der Waals surface area contributed by atoms with Gasteiger partial charge in [-0.2, -0.15) is 0 Å². The van der Waals surface area contributed by atoms with Crippen molar-refractivity contribution in [3.05, 3.63) is 106 Å². The van der Waals surface area contributed by atoms with E-state index < -0.39 is 11.0 Å². The molecule has 2 aliphatic rings. The van der Waals surface area contributed by atoms with E-state index in [0.717, 1.165) is 16.7 Å². The summed E-state index contributed by atoms with van der Waals surface area (Å²) in [5.74, 6) is 0.298. The first kappa shape index (κ1) is 24.4. The SMILES string of the molecule is O=C(C[C@@H]1N=C2c3ccccc3N=C(SCc3cccc([N+](=O)[O-])c3)N2C1=O)NCCc1ccccc1. The smallest absolute Gasteiger partial charge is 0.269 e. The van der Waals surface area contributed by atoms with Crippen molar-refractivity contribution < 1.29 is 14.5 Å². The van der Waals surface area contributed by atoms with E-state index in [-0.39, 0.29) is 23.9 Å². The molecule has 0 bridgehead atoms. The Morgan fingerprint density at radius 1 is 1.03 bits per heavy atom. The molecule has 0 aliphatic carbocycles. The van der Waals surface area contributed by atoms with Crippen LogP contribution in [0.1, 0.15) is 23.1 Å². The summed E-state index contributed by atoms with van der Waals surface area (Å²) in [4.78, 5) is 47.5. The van der Waals surface area contributed by atoms with Crippen molar-refractivity contribution in [1.82, 2.24) is 10.2 Å². The minimum atomic E-state index is -0.846. The minimum Gasteiger partial charge on any atom is -0.356 e. The van der Waals surface area contributed by atoms with E-state index >= 15 is 0 Å². The predicted octanol–water partition coefficient (Wildman–Crippen LogP) is 4.24. The summed E-state index contributed by atoms with van der Waals surface area (Å²) in [5, 5.41) is 14.4. The summed E-state index contributed by atoms with van der Waals surface area (Å²) in [7, 11) is 0. The van der Waals surface area contributed by atoms with Crippen LogP contribution in [0.3, 0.4) is 0 Å². The van der Waals surface area contributed by atoms with Crippen LogP contribution >= 0.6 is 11.8 Å². The molecule has 0 aromatic heterocycles. The van der Waals surface area contributed by atoms with E-state index in [1.165, 1.54) is 28.8 Å². The molecule has 1 N–H and O–H groups in total. The zero-order valence-electron chi connectivity index (χ0n) is 19.7. The number of nitrogens with zero attached hydrogens (tertiary/aromatic N) is 4. The van der Waals surface area contributed by atoms with Gasteiger partial charge in [-0.15, -0.1) is 0 Å². The first-order valence-corrected chi connectivity index (χ1v) is 12.7. The molecule has 2 amide bonds. The number of fused-ring (bicyclic) bond motifs is 3. The van der Waals surface area contributed by atoms with Crippen LogP contribution in [0, 0.1) is 10.1 Å². The van der Waals surface area contributed by atoms with Gasteiger partial charge in [0.1, 0.15) is 11.9 Å². The molecule has 2 aliphatic heterocycles. The van der Waals surface area contributed by atoms with Crippen LogP contribution in [-0.4, -0.2) is 45.2 Å². The number of hydrogen-bond acceptors (Lipinski definition) is 7. The van der Waals surface area contributed by atoms with E-state index in [1.807, 2.05) is 54.6 Å². The van der Waals surface area contributed by atoms with Gasteiger partial charge in [0.05, 0.1) is 17.0 Å². The lowest BCUT2D eigenvalue weighted by Gasteiger charge is -2.25. The summed E-state index contributed by atoms with van der Waals surface area (Å²) in [6.07, 6.45) is 0.642. The third kappa shape index (κ3) is 5.44. The quantitative estimate of drug-likeness (QED) is 0.357. The third-order valence-corrected chi connectivity index (χ3v) is 7.00. The molecule has 10 heteroatoms. The predicted molar refractivity (Wildman–Crippen MR) is 143 cm³/mol. The molecule has 3 aromatic rings. The largest absolute Gasteiger partial charge is 0.356 e. The lowest BCUT2D eigenvalue weighted by Crippen LogP contribution is -2.42. The molecule has 0 fully saturated rings. The molecule has 2 heterocycles. The second-order valence-corrected chi connectivity index (χ2v) is 9.50. The highest BCUT2D eigenvalue weighted by Crippen LogP contribution is 2.35. The highest BCUT2D eigenvalue weighted by molar-refractivity contribution is 8.13. The summed E-state index contributed by atoms with van der Waals surface area (Å²) in [6.45, 7) is 0.471. The fraction of sp³-hybridized carbons (Fsp3) is 0.185. The molecule has 37 heavy (non-hydrogen) atoms. The van der Waals surface area contributed by atoms with Crippen LogP contribution in [0.25, 0.3) is 0 Å². The van der Waals surface area contributed by atoms with E-state index in [2.05, 4.69) is 15.3 Å². The van der Waals surface area contributed by atoms with Crippen LogP contribution < -0.4 is 5.32 Å². The monoisotopic (exact) mass is 513 g/mol. The van der Waals surface area contributed by atoms with Crippen molar-refractivity contribution in [2.45, 2.75) is 24.6 Å². The summed E-state index contributed by atoms with van der Waals surface area (Å²) in [5.41, 5.74) is 3.27. The fourth-order valence-corrected chi connectivity index (χ4v) is 5.12. The molecule has 3 aromatic carbocycles. The Kier molecular flexibility index (Phi) is 7.09. The molecule has 5 rings (SSSR count). The van der Waals surface area contributed by atoms with Gasteiger partial charge in [-0.1, -0.05) is 66.4 Å². The van der Waals surface area contributed by atoms with Crippen molar-refractivity contribution in [2.24, 2.45) is 9.98 Å². The van der Waals surface area contributed by atoms with Crippen molar-refractivity contribution in [3.63, 3.8) is 0 Å². The number of nitro groups is 1. The Morgan fingerprint density at radius 3 is 2.59 bits per heavy atom. The summed E-state index contributed by atoms with van der Waals surface area (Å²) < 4.78 is 0. The van der Waals surface area contributed by atoms with Gasteiger partial charge in [0.2, 0.25) is 5.91 Å². The van der Waals surface area contributed by atoms with Crippen molar-refractivity contribution in [2.75, 3.05) is 6.54 Å². The topological polar surface area (TPSA) is 117 Å². The van der Waals surface area contributed by atoms with Crippen LogP contribution in [-0.2, 0) is 21.8 Å². The number of non-ortho nitro benzene ring substituents is 1. The summed E-state index contributed by atoms with van der Waals surface area (Å²) in [6, 6.07) is 22.8. The van der Waals surface area contributed by atoms with Gasteiger partial charge < -0.3 is 5.32 Å². The number of rotatable bonds is 8. The Balaban J connectivity index is 1.30. The number of amides is 2. The number of aliphatic imine (C=N–C) groups is 2. The zero-order chi connectivity index (χ0) is 25.8. The number of nitrogens with one attached hydrogen (secondary N) is 1. The number of carbonyl (C=O) groups is 2. The van der Waals surface area contributed by atoms with E-state index in [4.69, 9.17) is 0 Å². The van der Waals surface area contributed by atoms with Crippen molar-refractivity contribution >= 4 is 46.0 Å². The molecule has 0 unspecified atom stereocenters. The first-order chi connectivity index (χ1) is 18.0. The third-order valence-electron chi connectivity index (χ3n) is 5.99. The van der Waals surface area contributed by atoms with Crippen LogP contribution in [0.15, 0.2) is 88.8 Å². The standard InChI is InChI=1S/C27H23N5O4S/c33-24(28-14-13-18-7-2-1-3-8-18)16-23-26(34)31-25(29-23)21-11-4-5-12-22(21)30-27(31)37-17-19-9-6-10-20(15-19)32(35)36/h1-12,15,23H,13-14,16-17H2,(H,28,33)/t23-/m0/s1. The lowest BCUT2D eigenvalue weighted by molar-refractivity contribution is -0.384. The lowest BCUT2D eigenvalue weighted by atomic mass is 10.1. The molecule has 9 nitrogen and oxygen atoms in total. The Morgan fingerprint density at radius 2 is 1.78 bits per heavy atom. The fourth-order valence-electron chi connectivity index (χ4n) is 4.18. The first-order valence-electron chi connectivity index (χ1n) is 11.8. The number of hydrogen-bond donors (Lipinski definition) is 1. The van der Waals surface area contributed by atoms with Crippen LogP contribution in [0.4, 0.5) is 11.4 Å². The van der Waals surface area contributed by atoms with Gasteiger partial charge in [0.15, 0.2) is 5.17 Å². The number of amidine groups is 2. The zero-order valence-corrected chi connectivity index (χ0v) is 20.6. The maximum atomic E-state index is 13.4. The van der Waals surface area contributed by atoms with Gasteiger partial charge >= 0.3 is 0 Å². The van der Waals surface area contributed by atoms with Crippen molar-refractivity contribution in [1.29, 1.82) is 0 Å². The highest BCUT2D eigenvalue weighted by atomic mass is 32.2. The van der Waals surface area contributed by atoms with Gasteiger partial charge in [-0.3, -0.25) is 24.7 Å². The minimum absolute atomic E-state index is 0.00636. The van der Waals surface area contributed by atoms with E-state index in [0.29, 0.717) is 35.4 Å². The molecular weight excluding hydrogens is 490 g/mol. The van der Waals surface area contributed by atoms with Gasteiger partial charge in [-0.25, -0.2) is 9.89 Å². The van der Waals surface area contributed by atoms with Gasteiger partial charge in [0.25, 0.3) is 11.6 Å². The van der Waals surface area contributed by atoms with Gasteiger partial charge in [-0.05, 0) is 29.7 Å². The van der Waals surface area contributed by atoms with Crippen LogP contribution in [0.5, 0.6) is 0 Å². The molecule has 0 saturated heterocycles. The molecule has 186 valence electrons. The maximum Gasteiger partial charge on any atom is 0.269 e. The van der Waals surface area contributed by atoms with E-state index in [9.17, 15) is 19.7 Å². The second kappa shape index (κ2) is 10.8. The highest BCUT2D eigenvalue weighted by Gasteiger charge is 2.42. The number of para-hydroxylation sites is 1. The Hall–Kier alpha value is -4.31. The molecular formula is C27H23N5O4S. The molecule has 1 atom stereocenters. The summed E-state index contributed by atoms with van der Waals surface area (Å²) >= 11 is 1.30. The van der Waals surface area contributed by atoms with E-state index in [1.54, 1.807) is 12.1 Å². The normalized spacial score (nSPS) is 15.9. The van der Waals surface area contributed by atoms with Crippen molar-refractivity contribution in [3.8, 4) is 0 Å².